The van der Waals surface area contributed by atoms with Gasteiger partial charge in [-0.15, -0.1) is 0 Å². The summed E-state index contributed by atoms with van der Waals surface area (Å²) in [7, 11) is 0. The number of esters is 1. The first-order chi connectivity index (χ1) is 28.5. The van der Waals surface area contributed by atoms with Crippen molar-refractivity contribution in [3.05, 3.63) is 48.6 Å². The third-order valence-electron chi connectivity index (χ3n) is 11.1. The third kappa shape index (κ3) is 40.6. The van der Waals surface area contributed by atoms with Gasteiger partial charge < -0.3 is 20.3 Å². The number of unbranched alkanes of at least 4 members (excludes halogenated alkanes) is 24. The number of carbonyl (C=O) groups excluding carboxylic acids is 2. The zero-order chi connectivity index (χ0) is 42.4. The van der Waals surface area contributed by atoms with Gasteiger partial charge in [-0.1, -0.05) is 191 Å². The van der Waals surface area contributed by atoms with Crippen LogP contribution < -0.4 is 5.32 Å². The van der Waals surface area contributed by atoms with E-state index in [1.165, 1.54) is 103 Å². The summed E-state index contributed by atoms with van der Waals surface area (Å²) in [5, 5.41) is 23.6. The summed E-state index contributed by atoms with van der Waals surface area (Å²) in [6.45, 7) is 6.42. The van der Waals surface area contributed by atoms with E-state index in [0.29, 0.717) is 19.3 Å². The Bertz CT molecular complexity index is 1000. The molecule has 0 saturated heterocycles. The molecule has 338 valence electrons. The summed E-state index contributed by atoms with van der Waals surface area (Å²) in [5.74, 6) is -0.513. The van der Waals surface area contributed by atoms with E-state index in [2.05, 4.69) is 74.7 Å². The largest absolute Gasteiger partial charge is 0.462 e. The summed E-state index contributed by atoms with van der Waals surface area (Å²) in [6.07, 6.45) is 54.5. The molecule has 0 radical (unpaired) electrons. The molecule has 0 aromatic heterocycles. The lowest BCUT2D eigenvalue weighted by Crippen LogP contribution is -2.46. The predicted octanol–water partition coefficient (Wildman–Crippen LogP) is 14.7. The lowest BCUT2D eigenvalue weighted by atomic mass is 10.0. The lowest BCUT2D eigenvalue weighted by molar-refractivity contribution is -0.151. The molecule has 6 heteroatoms. The van der Waals surface area contributed by atoms with Gasteiger partial charge in [0.05, 0.1) is 25.2 Å². The topological polar surface area (TPSA) is 95.9 Å². The highest BCUT2D eigenvalue weighted by Gasteiger charge is 2.24. The molecule has 3 unspecified atom stereocenters. The van der Waals surface area contributed by atoms with E-state index in [-0.39, 0.29) is 24.9 Å². The summed E-state index contributed by atoms with van der Waals surface area (Å²) >= 11 is 0. The van der Waals surface area contributed by atoms with Crippen molar-refractivity contribution in [1.82, 2.24) is 5.32 Å². The van der Waals surface area contributed by atoms with Gasteiger partial charge >= 0.3 is 5.97 Å². The Kier molecular flexibility index (Phi) is 44.2. The SMILES string of the molecule is CCCCC/C=C\C/C=C\C/C=C\CCCCCCC(CC(=O)NC(CO)C(O)CCCCCCCCCCC)OC(=O)CCCCC/C=C\CCCCCCCC. The number of nitrogens with one attached hydrogen (secondary N) is 1. The van der Waals surface area contributed by atoms with Gasteiger partial charge in [-0.05, 0) is 89.9 Å². The predicted molar refractivity (Wildman–Crippen MR) is 250 cm³/mol. The summed E-state index contributed by atoms with van der Waals surface area (Å²) in [5.41, 5.74) is 0. The van der Waals surface area contributed by atoms with Gasteiger partial charge in [-0.25, -0.2) is 0 Å². The van der Waals surface area contributed by atoms with Crippen LogP contribution in [0.3, 0.4) is 0 Å². The van der Waals surface area contributed by atoms with Crippen molar-refractivity contribution in [3.8, 4) is 0 Å². The molecule has 0 fully saturated rings. The van der Waals surface area contributed by atoms with E-state index in [9.17, 15) is 19.8 Å². The summed E-state index contributed by atoms with van der Waals surface area (Å²) < 4.78 is 5.91. The highest BCUT2D eigenvalue weighted by atomic mass is 16.5. The van der Waals surface area contributed by atoms with Crippen LogP contribution in [0, 0.1) is 0 Å². The van der Waals surface area contributed by atoms with Crippen LogP contribution in [0.1, 0.15) is 245 Å². The van der Waals surface area contributed by atoms with Crippen LogP contribution in [-0.4, -0.2) is 46.9 Å². The van der Waals surface area contributed by atoms with Crippen LogP contribution in [0.15, 0.2) is 48.6 Å². The second-order valence-corrected chi connectivity index (χ2v) is 16.9. The molecule has 0 saturated carbocycles. The second kappa shape index (κ2) is 45.9. The highest BCUT2D eigenvalue weighted by molar-refractivity contribution is 5.77. The van der Waals surface area contributed by atoms with Crippen LogP contribution in [0.2, 0.25) is 0 Å². The number of ether oxygens (including phenoxy) is 1. The minimum absolute atomic E-state index is 0.0568. The molecular formula is C52H95NO5. The van der Waals surface area contributed by atoms with Crippen LogP contribution in [0.5, 0.6) is 0 Å². The number of carbonyl (C=O) groups is 2. The first-order valence-corrected chi connectivity index (χ1v) is 24.9. The fraction of sp³-hybridized carbons (Fsp3) is 0.808. The van der Waals surface area contributed by atoms with Gasteiger partial charge in [-0.3, -0.25) is 9.59 Å². The summed E-state index contributed by atoms with van der Waals surface area (Å²) in [4.78, 5) is 26.1. The van der Waals surface area contributed by atoms with Gasteiger partial charge in [0.15, 0.2) is 0 Å². The van der Waals surface area contributed by atoms with E-state index in [4.69, 9.17) is 4.74 Å². The third-order valence-corrected chi connectivity index (χ3v) is 11.1. The average Bonchev–Trinajstić information content (AvgIpc) is 3.22. The Hall–Kier alpha value is -2.18. The zero-order valence-electron chi connectivity index (χ0n) is 38.4. The maximum Gasteiger partial charge on any atom is 0.306 e. The monoisotopic (exact) mass is 814 g/mol. The van der Waals surface area contributed by atoms with Gasteiger partial charge in [0.25, 0.3) is 0 Å². The first-order valence-electron chi connectivity index (χ1n) is 24.9. The molecule has 58 heavy (non-hydrogen) atoms. The number of hydrogen-bond donors (Lipinski definition) is 3. The number of amides is 1. The highest BCUT2D eigenvalue weighted by Crippen LogP contribution is 2.17. The van der Waals surface area contributed by atoms with Crippen LogP contribution in [0.4, 0.5) is 0 Å². The van der Waals surface area contributed by atoms with Gasteiger partial charge in [0.2, 0.25) is 5.91 Å². The molecule has 3 atom stereocenters. The number of hydrogen-bond acceptors (Lipinski definition) is 5. The quantitative estimate of drug-likeness (QED) is 0.0323. The molecule has 0 aliphatic carbocycles. The smallest absolute Gasteiger partial charge is 0.306 e. The van der Waals surface area contributed by atoms with Crippen molar-refractivity contribution in [3.63, 3.8) is 0 Å². The Balaban J connectivity index is 4.66. The molecule has 6 nitrogen and oxygen atoms in total. The molecular weight excluding hydrogens is 719 g/mol. The van der Waals surface area contributed by atoms with E-state index in [1.807, 2.05) is 0 Å². The minimum Gasteiger partial charge on any atom is -0.462 e. The van der Waals surface area contributed by atoms with Gasteiger partial charge in [0, 0.05) is 6.42 Å². The molecule has 0 aliphatic rings. The van der Waals surface area contributed by atoms with Gasteiger partial charge in [-0.2, -0.15) is 0 Å². The van der Waals surface area contributed by atoms with Crippen molar-refractivity contribution in [1.29, 1.82) is 0 Å². The van der Waals surface area contributed by atoms with Crippen LogP contribution in [0.25, 0.3) is 0 Å². The fourth-order valence-corrected chi connectivity index (χ4v) is 7.31. The number of rotatable bonds is 44. The molecule has 0 bridgehead atoms. The molecule has 0 aromatic rings. The van der Waals surface area contributed by atoms with E-state index >= 15 is 0 Å². The zero-order valence-corrected chi connectivity index (χ0v) is 38.4. The van der Waals surface area contributed by atoms with Crippen molar-refractivity contribution in [2.24, 2.45) is 0 Å². The average molecular weight is 814 g/mol. The molecule has 3 N–H and O–H groups in total. The number of allylic oxidation sites excluding steroid dienone is 8. The Morgan fingerprint density at radius 2 is 0.879 bits per heavy atom. The van der Waals surface area contributed by atoms with Crippen LogP contribution in [-0.2, 0) is 14.3 Å². The maximum absolute atomic E-state index is 13.2. The molecule has 0 aromatic carbocycles. The van der Waals surface area contributed by atoms with Crippen LogP contribution >= 0.6 is 0 Å². The Labute approximate surface area is 359 Å². The Morgan fingerprint density at radius 1 is 0.500 bits per heavy atom. The minimum atomic E-state index is -0.794. The normalized spacial score (nSPS) is 13.7. The van der Waals surface area contributed by atoms with Gasteiger partial charge in [0.1, 0.15) is 6.10 Å². The Morgan fingerprint density at radius 3 is 1.38 bits per heavy atom. The lowest BCUT2D eigenvalue weighted by Gasteiger charge is -2.24. The van der Waals surface area contributed by atoms with E-state index in [1.54, 1.807) is 0 Å². The molecule has 0 heterocycles. The van der Waals surface area contributed by atoms with Crippen molar-refractivity contribution >= 4 is 11.9 Å². The van der Waals surface area contributed by atoms with E-state index < -0.39 is 18.2 Å². The molecule has 1 amide bonds. The standard InChI is InChI=1S/C52H95NO5/c1-4-7-10-13-16-19-21-23-24-25-26-28-29-32-34-37-40-43-48(58-52(57)45-42-39-36-33-30-27-22-20-17-14-11-8-5-2)46-51(56)53-49(47-54)50(55)44-41-38-35-31-18-15-12-9-6-3/h16,19,23-24,26-28,30,48-50,54-55H,4-15,17-18,20-22,25,29,31-47H2,1-3H3,(H,53,56)/b19-16-,24-23-,28-26-,30-27-. The number of aliphatic hydroxyl groups excluding tert-OH is 2. The summed E-state index contributed by atoms with van der Waals surface area (Å²) in [6, 6.07) is -0.710. The van der Waals surface area contributed by atoms with E-state index in [0.717, 1.165) is 96.3 Å². The van der Waals surface area contributed by atoms with Crippen molar-refractivity contribution in [2.45, 2.75) is 264 Å². The second-order valence-electron chi connectivity index (χ2n) is 16.9. The van der Waals surface area contributed by atoms with Crippen molar-refractivity contribution in [2.75, 3.05) is 6.61 Å². The number of aliphatic hydroxyl groups is 2. The molecule has 0 rings (SSSR count). The molecule has 0 aliphatic heterocycles. The molecule has 0 spiro atoms. The van der Waals surface area contributed by atoms with Crippen molar-refractivity contribution < 1.29 is 24.5 Å². The maximum atomic E-state index is 13.2. The fourth-order valence-electron chi connectivity index (χ4n) is 7.31. The first kappa shape index (κ1) is 55.8.